The van der Waals surface area contributed by atoms with Gasteiger partial charge in [-0.3, -0.25) is 15.0 Å². The van der Waals surface area contributed by atoms with Gasteiger partial charge in [0.2, 0.25) is 0 Å². The summed E-state index contributed by atoms with van der Waals surface area (Å²) in [6.45, 7) is 0.103. The summed E-state index contributed by atoms with van der Waals surface area (Å²) in [4.78, 5) is 23.7. The van der Waals surface area contributed by atoms with Crippen LogP contribution in [0.4, 0.5) is 19.0 Å². The molecule has 0 spiro atoms. The Kier molecular flexibility index (Phi) is 5.89. The number of nitrogens with one attached hydrogen (secondary N) is 1. The van der Waals surface area contributed by atoms with Crippen LogP contribution in [0.3, 0.4) is 0 Å². The number of hydrogen-bond donors (Lipinski definition) is 3. The lowest BCUT2D eigenvalue weighted by Gasteiger charge is -2.28. The lowest BCUT2D eigenvalue weighted by atomic mass is 10.0. The number of halogens is 3. The Morgan fingerprint density at radius 1 is 1.24 bits per heavy atom. The Morgan fingerprint density at radius 3 is 2.66 bits per heavy atom. The number of primary amides is 1. The molecule has 0 saturated heterocycles. The molecule has 0 radical (unpaired) electrons. The molecule has 3 aromatic rings. The van der Waals surface area contributed by atoms with E-state index in [1.54, 1.807) is 7.05 Å². The predicted molar refractivity (Wildman–Crippen MR) is 98.1 cm³/mol. The Morgan fingerprint density at radius 2 is 2.00 bits per heavy atom. The van der Waals surface area contributed by atoms with E-state index >= 15 is 0 Å². The number of carbonyl (C=O) groups excluding carboxylic acids is 1. The van der Waals surface area contributed by atoms with E-state index in [1.165, 1.54) is 18.3 Å². The normalized spacial score (nSPS) is 12.3. The number of hydroxylamine groups is 1. The van der Waals surface area contributed by atoms with E-state index in [1.807, 2.05) is 0 Å². The largest absolute Gasteiger partial charge is 0.366 e. The van der Waals surface area contributed by atoms with Crippen LogP contribution < -0.4 is 16.1 Å². The number of pyridine rings is 1. The molecule has 2 aromatic heterocycles. The maximum atomic E-state index is 13.7. The number of likely N-dealkylation sites (N-methyl/N-ethyl adjacent to an activating group) is 1. The van der Waals surface area contributed by atoms with Crippen molar-refractivity contribution in [3.63, 3.8) is 0 Å². The van der Waals surface area contributed by atoms with E-state index in [0.29, 0.717) is 5.06 Å². The van der Waals surface area contributed by atoms with Crippen LogP contribution in [0.15, 0.2) is 36.8 Å². The zero-order valence-corrected chi connectivity index (χ0v) is 15.2. The van der Waals surface area contributed by atoms with Crippen LogP contribution in [0.5, 0.6) is 0 Å². The van der Waals surface area contributed by atoms with E-state index in [2.05, 4.69) is 20.3 Å². The number of nitrogens with zero attached hydrogens (tertiary/aromatic N) is 4. The third kappa shape index (κ3) is 3.96. The lowest BCUT2D eigenvalue weighted by molar-refractivity contribution is 0.100. The fourth-order valence-electron chi connectivity index (χ4n) is 2.94. The molecule has 0 unspecified atom stereocenters. The fourth-order valence-corrected chi connectivity index (χ4v) is 2.94. The summed E-state index contributed by atoms with van der Waals surface area (Å²) < 4.78 is 39.9. The van der Waals surface area contributed by atoms with Gasteiger partial charge in [0.05, 0.1) is 17.2 Å². The molecule has 0 aliphatic heterocycles. The summed E-state index contributed by atoms with van der Waals surface area (Å²) in [7, 11) is 1.60. The van der Waals surface area contributed by atoms with Gasteiger partial charge in [0.15, 0.2) is 5.82 Å². The zero-order chi connectivity index (χ0) is 21.1. The molecule has 0 fully saturated rings. The molecular formula is C18H17F3N6O2. The number of anilines is 1. The molecule has 8 nitrogen and oxygen atoms in total. The lowest BCUT2D eigenvalue weighted by Crippen LogP contribution is -2.33. The van der Waals surface area contributed by atoms with Crippen LogP contribution in [-0.2, 0) is 0 Å². The van der Waals surface area contributed by atoms with Gasteiger partial charge in [-0.1, -0.05) is 6.07 Å². The van der Waals surface area contributed by atoms with Gasteiger partial charge >= 0.3 is 0 Å². The quantitative estimate of drug-likeness (QED) is 0.516. The number of benzene rings is 1. The highest BCUT2D eigenvalue weighted by Crippen LogP contribution is 2.31. The number of nitrogens with two attached hydrogens (primary N) is 1. The Bertz CT molecular complexity index is 1050. The number of amides is 1. The maximum Gasteiger partial charge on any atom is 0.266 e. The Labute approximate surface area is 163 Å². The van der Waals surface area contributed by atoms with E-state index in [4.69, 9.17) is 5.73 Å². The molecule has 1 atom stereocenters. The molecule has 0 aliphatic carbocycles. The Balaban J connectivity index is 2.11. The third-order valence-electron chi connectivity index (χ3n) is 4.32. The standard InChI is InChI=1S/C18H17F3N6O2/c1-23-7-13(9-2-3-12(19)11(6-9)16(20)21)27(29)18-15-14(25-8-26-18)10(17(22)28)4-5-24-15/h2-6,8,13,16,23,29H,7H2,1H3,(H2,22,28)/t13-/m1/s1. The van der Waals surface area contributed by atoms with Crippen molar-refractivity contribution in [1.82, 2.24) is 20.3 Å². The minimum atomic E-state index is -3.02. The van der Waals surface area contributed by atoms with Gasteiger partial charge in [0, 0.05) is 12.7 Å². The van der Waals surface area contributed by atoms with Crippen molar-refractivity contribution in [2.45, 2.75) is 12.5 Å². The van der Waals surface area contributed by atoms with Gasteiger partial charge in [-0.25, -0.2) is 28.2 Å². The summed E-state index contributed by atoms with van der Waals surface area (Å²) in [5, 5.41) is 14.4. The highest BCUT2D eigenvalue weighted by atomic mass is 19.3. The second-order valence-electron chi connectivity index (χ2n) is 6.12. The average Bonchev–Trinajstić information content (AvgIpc) is 2.70. The zero-order valence-electron chi connectivity index (χ0n) is 15.2. The summed E-state index contributed by atoms with van der Waals surface area (Å²) in [5.74, 6) is -1.85. The molecule has 0 saturated carbocycles. The van der Waals surface area contributed by atoms with E-state index in [9.17, 15) is 23.2 Å². The van der Waals surface area contributed by atoms with Gasteiger partial charge in [-0.15, -0.1) is 0 Å². The number of fused-ring (bicyclic) bond motifs is 1. The van der Waals surface area contributed by atoms with Crippen LogP contribution >= 0.6 is 0 Å². The minimum Gasteiger partial charge on any atom is -0.366 e. The summed E-state index contributed by atoms with van der Waals surface area (Å²) in [5.41, 5.74) is 5.08. The number of aromatic nitrogens is 3. The second kappa shape index (κ2) is 8.37. The molecule has 1 amide bonds. The first kappa shape index (κ1) is 20.4. The van der Waals surface area contributed by atoms with Gasteiger partial charge < -0.3 is 11.1 Å². The van der Waals surface area contributed by atoms with E-state index in [0.717, 1.165) is 18.5 Å². The van der Waals surface area contributed by atoms with Gasteiger partial charge in [-0.05, 0) is 30.8 Å². The van der Waals surface area contributed by atoms with E-state index < -0.39 is 29.8 Å². The van der Waals surface area contributed by atoms with Crippen LogP contribution in [0, 0.1) is 5.82 Å². The highest BCUT2D eigenvalue weighted by Gasteiger charge is 2.26. The average molecular weight is 406 g/mol. The monoisotopic (exact) mass is 406 g/mol. The fraction of sp³-hybridized carbons (Fsp3) is 0.222. The highest BCUT2D eigenvalue weighted by molar-refractivity contribution is 6.05. The first-order valence-electron chi connectivity index (χ1n) is 8.44. The van der Waals surface area contributed by atoms with Crippen molar-refractivity contribution in [3.05, 3.63) is 59.3 Å². The van der Waals surface area contributed by atoms with Crippen molar-refractivity contribution in [2.75, 3.05) is 18.7 Å². The van der Waals surface area contributed by atoms with Crippen molar-refractivity contribution in [1.29, 1.82) is 0 Å². The Hall–Kier alpha value is -3.31. The smallest absolute Gasteiger partial charge is 0.266 e. The molecule has 0 aliphatic rings. The van der Waals surface area contributed by atoms with Crippen LogP contribution in [0.2, 0.25) is 0 Å². The summed E-state index contributed by atoms with van der Waals surface area (Å²) in [6, 6.07) is 3.64. The van der Waals surface area contributed by atoms with Crippen molar-refractivity contribution < 1.29 is 23.2 Å². The molecule has 4 N–H and O–H groups in total. The van der Waals surface area contributed by atoms with E-state index in [-0.39, 0.29) is 34.5 Å². The minimum absolute atomic E-state index is 0.0683. The molecule has 152 valence electrons. The first-order valence-corrected chi connectivity index (χ1v) is 8.44. The van der Waals surface area contributed by atoms with Crippen molar-refractivity contribution >= 4 is 22.8 Å². The number of hydrogen-bond acceptors (Lipinski definition) is 7. The number of carbonyl (C=O) groups is 1. The molecule has 2 heterocycles. The predicted octanol–water partition coefficient (Wildman–Crippen LogP) is 2.36. The molecule has 1 aromatic carbocycles. The topological polar surface area (TPSA) is 117 Å². The van der Waals surface area contributed by atoms with Crippen molar-refractivity contribution in [2.24, 2.45) is 5.73 Å². The van der Waals surface area contributed by atoms with Gasteiger partial charge in [-0.2, -0.15) is 0 Å². The summed E-state index contributed by atoms with van der Waals surface area (Å²) in [6.07, 6.45) is -0.596. The molecular weight excluding hydrogens is 389 g/mol. The van der Waals surface area contributed by atoms with Gasteiger partial charge in [0.1, 0.15) is 23.2 Å². The third-order valence-corrected chi connectivity index (χ3v) is 4.32. The summed E-state index contributed by atoms with van der Waals surface area (Å²) >= 11 is 0. The van der Waals surface area contributed by atoms with Crippen LogP contribution in [-0.4, -0.2) is 39.7 Å². The molecule has 3 rings (SSSR count). The maximum absolute atomic E-state index is 13.7. The van der Waals surface area contributed by atoms with Gasteiger partial charge in [0.25, 0.3) is 12.3 Å². The molecule has 0 bridgehead atoms. The first-order chi connectivity index (χ1) is 13.8. The van der Waals surface area contributed by atoms with Crippen molar-refractivity contribution in [3.8, 4) is 0 Å². The molecule has 11 heteroatoms. The van der Waals surface area contributed by atoms with Crippen LogP contribution in [0.25, 0.3) is 11.0 Å². The molecule has 29 heavy (non-hydrogen) atoms. The number of alkyl halides is 2. The second-order valence-corrected chi connectivity index (χ2v) is 6.12. The SMILES string of the molecule is CNC[C@H](c1ccc(F)c(C(F)F)c1)N(O)c1ncnc2c(C(N)=O)ccnc12. The van der Waals surface area contributed by atoms with Crippen LogP contribution in [0.1, 0.15) is 34.0 Å². The number of rotatable bonds is 7.